The van der Waals surface area contributed by atoms with Crippen LogP contribution in [-0.4, -0.2) is 59.0 Å². The normalized spacial score (nSPS) is 24.7. The molecule has 2 aliphatic rings. The second kappa shape index (κ2) is 7.08. The largest absolute Gasteiger partial charge is 0.444 e. The molecular weight excluding hydrogens is 330 g/mol. The van der Waals surface area contributed by atoms with E-state index in [0.29, 0.717) is 24.9 Å². The van der Waals surface area contributed by atoms with Gasteiger partial charge in [0.25, 0.3) is 5.92 Å². The number of alkyl halides is 2. The lowest BCUT2D eigenvalue weighted by Gasteiger charge is -2.36. The highest BCUT2D eigenvalue weighted by Gasteiger charge is 2.52. The smallest absolute Gasteiger partial charge is 0.411 e. The zero-order valence-corrected chi connectivity index (χ0v) is 15.8. The number of carbonyl (C=O) groups excluding carboxylic acids is 2. The lowest BCUT2D eigenvalue weighted by atomic mass is 9.86. The molecule has 0 aromatic rings. The first kappa shape index (κ1) is 19.9. The molecule has 2 fully saturated rings. The van der Waals surface area contributed by atoms with Crippen LogP contribution in [0.4, 0.5) is 13.6 Å². The summed E-state index contributed by atoms with van der Waals surface area (Å²) in [6.45, 7) is 9.69. The summed E-state index contributed by atoms with van der Waals surface area (Å²) in [6, 6.07) is -1.14. The zero-order valence-electron chi connectivity index (χ0n) is 15.8. The summed E-state index contributed by atoms with van der Waals surface area (Å²) in [6.07, 6.45) is 0.271. The maximum atomic E-state index is 13.9. The number of piperidine rings is 1. The maximum Gasteiger partial charge on any atom is 0.411 e. The Hall–Kier alpha value is -1.40. The third-order valence-electron chi connectivity index (χ3n) is 4.98. The van der Waals surface area contributed by atoms with Gasteiger partial charge in [0.1, 0.15) is 11.6 Å². The second-order valence-electron chi connectivity index (χ2n) is 8.59. The number of amides is 2. The molecule has 2 aliphatic heterocycles. The van der Waals surface area contributed by atoms with E-state index in [4.69, 9.17) is 4.74 Å². The van der Waals surface area contributed by atoms with E-state index in [1.807, 2.05) is 0 Å². The fourth-order valence-electron chi connectivity index (χ4n) is 3.55. The Bertz CT molecular complexity index is 509. The topological polar surface area (TPSA) is 49.9 Å². The highest BCUT2D eigenvalue weighted by Crippen LogP contribution is 2.35. The second-order valence-corrected chi connectivity index (χ2v) is 8.59. The van der Waals surface area contributed by atoms with Gasteiger partial charge in [-0.2, -0.15) is 0 Å². The SMILES string of the molecule is CC(C)C1CCN(C(=O)[C@@H]2CC(F)(F)CN2C(=O)OC(C)(C)C)CC1. The Morgan fingerprint density at radius 2 is 1.72 bits per heavy atom. The van der Waals surface area contributed by atoms with Crippen molar-refractivity contribution in [1.82, 2.24) is 9.80 Å². The van der Waals surface area contributed by atoms with Gasteiger partial charge in [-0.25, -0.2) is 13.6 Å². The van der Waals surface area contributed by atoms with Crippen molar-refractivity contribution in [3.05, 3.63) is 0 Å². The van der Waals surface area contributed by atoms with Crippen molar-refractivity contribution in [3.8, 4) is 0 Å². The van der Waals surface area contributed by atoms with Gasteiger partial charge < -0.3 is 9.64 Å². The number of likely N-dealkylation sites (tertiary alicyclic amines) is 2. The zero-order chi connectivity index (χ0) is 19.0. The fourth-order valence-corrected chi connectivity index (χ4v) is 3.55. The molecule has 0 spiro atoms. The van der Waals surface area contributed by atoms with Crippen LogP contribution in [0.5, 0.6) is 0 Å². The summed E-state index contributed by atoms with van der Waals surface area (Å²) in [5.74, 6) is -2.35. The molecule has 2 heterocycles. The van der Waals surface area contributed by atoms with Gasteiger partial charge in [0.15, 0.2) is 0 Å². The number of hydrogen-bond donors (Lipinski definition) is 0. The predicted molar refractivity (Wildman–Crippen MR) is 90.4 cm³/mol. The standard InChI is InChI=1S/C18H30F2N2O3/c1-12(2)13-6-8-21(9-7-13)15(23)14-10-18(19,20)11-22(14)16(24)25-17(3,4)5/h12-14H,6-11H2,1-5H3/t14-/m0/s1. The Morgan fingerprint density at radius 1 is 1.16 bits per heavy atom. The van der Waals surface area contributed by atoms with Gasteiger partial charge in [0, 0.05) is 19.5 Å². The lowest BCUT2D eigenvalue weighted by molar-refractivity contribution is -0.137. The monoisotopic (exact) mass is 360 g/mol. The number of nitrogens with zero attached hydrogens (tertiary/aromatic N) is 2. The number of hydrogen-bond acceptors (Lipinski definition) is 3. The number of halogens is 2. The summed E-state index contributed by atoms with van der Waals surface area (Å²) in [5, 5.41) is 0. The molecule has 0 unspecified atom stereocenters. The van der Waals surface area contributed by atoms with Gasteiger partial charge in [-0.15, -0.1) is 0 Å². The molecule has 0 aromatic carbocycles. The van der Waals surface area contributed by atoms with Crippen molar-refractivity contribution in [2.24, 2.45) is 11.8 Å². The Morgan fingerprint density at radius 3 is 2.20 bits per heavy atom. The Balaban J connectivity index is 2.07. The van der Waals surface area contributed by atoms with Crippen LogP contribution in [0, 0.1) is 11.8 Å². The minimum absolute atomic E-state index is 0.384. The average Bonchev–Trinajstić information content (AvgIpc) is 2.81. The minimum Gasteiger partial charge on any atom is -0.444 e. The molecule has 0 saturated carbocycles. The third kappa shape index (κ3) is 5.05. The van der Waals surface area contributed by atoms with Crippen molar-refractivity contribution in [2.45, 2.75) is 71.4 Å². The summed E-state index contributed by atoms with van der Waals surface area (Å²) in [4.78, 5) is 27.6. The van der Waals surface area contributed by atoms with Crippen LogP contribution in [0.15, 0.2) is 0 Å². The van der Waals surface area contributed by atoms with Crippen LogP contribution in [0.2, 0.25) is 0 Å². The molecule has 7 heteroatoms. The van der Waals surface area contributed by atoms with Crippen LogP contribution >= 0.6 is 0 Å². The first-order valence-electron chi connectivity index (χ1n) is 9.06. The first-order valence-corrected chi connectivity index (χ1v) is 9.06. The third-order valence-corrected chi connectivity index (χ3v) is 4.98. The van der Waals surface area contributed by atoms with E-state index in [-0.39, 0.29) is 5.91 Å². The van der Waals surface area contributed by atoms with Crippen molar-refractivity contribution < 1.29 is 23.1 Å². The molecule has 5 nitrogen and oxygen atoms in total. The van der Waals surface area contributed by atoms with Crippen LogP contribution < -0.4 is 0 Å². The molecule has 0 bridgehead atoms. The molecule has 2 saturated heterocycles. The van der Waals surface area contributed by atoms with E-state index < -0.39 is 36.6 Å². The van der Waals surface area contributed by atoms with Crippen LogP contribution in [0.25, 0.3) is 0 Å². The summed E-state index contributed by atoms with van der Waals surface area (Å²) in [5.41, 5.74) is -0.793. The van der Waals surface area contributed by atoms with E-state index in [1.165, 1.54) is 0 Å². The minimum atomic E-state index is -3.06. The van der Waals surface area contributed by atoms with Gasteiger partial charge in [0.05, 0.1) is 6.54 Å². The van der Waals surface area contributed by atoms with E-state index in [9.17, 15) is 18.4 Å². The molecule has 2 rings (SSSR count). The van der Waals surface area contributed by atoms with Gasteiger partial charge in [0.2, 0.25) is 5.91 Å². The molecule has 2 amide bonds. The summed E-state index contributed by atoms with van der Waals surface area (Å²) in [7, 11) is 0. The predicted octanol–water partition coefficient (Wildman–Crippen LogP) is 3.53. The van der Waals surface area contributed by atoms with E-state index >= 15 is 0 Å². The molecular formula is C18H30F2N2O3. The van der Waals surface area contributed by atoms with Crippen molar-refractivity contribution in [2.75, 3.05) is 19.6 Å². The molecule has 0 N–H and O–H groups in total. The quantitative estimate of drug-likeness (QED) is 0.757. The molecule has 0 aliphatic carbocycles. The fraction of sp³-hybridized carbons (Fsp3) is 0.889. The van der Waals surface area contributed by atoms with E-state index in [2.05, 4.69) is 13.8 Å². The average molecular weight is 360 g/mol. The van der Waals surface area contributed by atoms with Crippen molar-refractivity contribution in [3.63, 3.8) is 0 Å². The van der Waals surface area contributed by atoms with Crippen LogP contribution in [0.3, 0.4) is 0 Å². The van der Waals surface area contributed by atoms with Crippen LogP contribution in [-0.2, 0) is 9.53 Å². The molecule has 0 radical (unpaired) electrons. The number of ether oxygens (including phenoxy) is 1. The highest BCUT2D eigenvalue weighted by atomic mass is 19.3. The van der Waals surface area contributed by atoms with Gasteiger partial charge in [-0.05, 0) is 45.4 Å². The number of rotatable bonds is 2. The lowest BCUT2D eigenvalue weighted by Crippen LogP contribution is -2.51. The molecule has 1 atom stereocenters. The molecule has 0 aromatic heterocycles. The van der Waals surface area contributed by atoms with Crippen LogP contribution in [0.1, 0.15) is 53.9 Å². The summed E-state index contributed by atoms with van der Waals surface area (Å²) >= 11 is 0. The van der Waals surface area contributed by atoms with Crippen molar-refractivity contribution in [1.29, 1.82) is 0 Å². The highest BCUT2D eigenvalue weighted by molar-refractivity contribution is 5.86. The Kier molecular flexibility index (Phi) is 5.64. The van der Waals surface area contributed by atoms with E-state index in [1.54, 1.807) is 25.7 Å². The molecule has 25 heavy (non-hydrogen) atoms. The van der Waals surface area contributed by atoms with Gasteiger partial charge in [-0.3, -0.25) is 9.69 Å². The Labute approximate surface area is 148 Å². The summed E-state index contributed by atoms with van der Waals surface area (Å²) < 4.78 is 33.0. The number of carbonyl (C=O) groups is 2. The first-order chi connectivity index (χ1) is 11.4. The maximum absolute atomic E-state index is 13.9. The van der Waals surface area contributed by atoms with Gasteiger partial charge >= 0.3 is 6.09 Å². The molecule has 144 valence electrons. The van der Waals surface area contributed by atoms with E-state index in [0.717, 1.165) is 17.7 Å². The van der Waals surface area contributed by atoms with Gasteiger partial charge in [-0.1, -0.05) is 13.8 Å². The van der Waals surface area contributed by atoms with Crippen molar-refractivity contribution >= 4 is 12.0 Å².